The van der Waals surface area contributed by atoms with Gasteiger partial charge in [-0.25, -0.2) is 9.97 Å². The molecule has 1 N–H and O–H groups in total. The van der Waals surface area contributed by atoms with Crippen LogP contribution in [0.15, 0.2) is 41.2 Å². The van der Waals surface area contributed by atoms with Crippen LogP contribution < -0.4 is 5.32 Å². The van der Waals surface area contributed by atoms with E-state index in [1.807, 2.05) is 12.1 Å². The number of rotatable bonds is 5. The lowest BCUT2D eigenvalue weighted by molar-refractivity contribution is -0.116. The molecule has 0 atom stereocenters. The normalized spacial score (nSPS) is 13.3. The van der Waals surface area contributed by atoms with Gasteiger partial charge >= 0.3 is 0 Å². The molecule has 8 heteroatoms. The number of hydrogen-bond donors (Lipinski definition) is 1. The molecule has 0 bridgehead atoms. The summed E-state index contributed by atoms with van der Waals surface area (Å²) in [5, 5.41) is 6.64. The minimum Gasteiger partial charge on any atom is -0.339 e. The monoisotopic (exact) mass is 363 g/mol. The van der Waals surface area contributed by atoms with Crippen LogP contribution in [0.1, 0.15) is 41.1 Å². The first-order valence-electron chi connectivity index (χ1n) is 8.75. The fourth-order valence-electron chi connectivity index (χ4n) is 3.01. The summed E-state index contributed by atoms with van der Waals surface area (Å²) < 4.78 is 5.14. The molecule has 0 unspecified atom stereocenters. The van der Waals surface area contributed by atoms with Crippen molar-refractivity contribution in [2.45, 2.75) is 32.1 Å². The van der Waals surface area contributed by atoms with Crippen molar-refractivity contribution < 1.29 is 14.1 Å². The molecule has 0 radical (unpaired) electrons. The van der Waals surface area contributed by atoms with Gasteiger partial charge < -0.3 is 9.84 Å². The fourth-order valence-corrected chi connectivity index (χ4v) is 3.01. The van der Waals surface area contributed by atoms with Gasteiger partial charge in [0.15, 0.2) is 5.78 Å². The summed E-state index contributed by atoms with van der Waals surface area (Å²) in [7, 11) is 0. The maximum absolute atomic E-state index is 12.2. The third kappa shape index (κ3) is 3.89. The van der Waals surface area contributed by atoms with E-state index in [1.165, 1.54) is 0 Å². The number of amides is 1. The van der Waals surface area contributed by atoms with Crippen molar-refractivity contribution in [1.29, 1.82) is 0 Å². The number of aromatic nitrogens is 4. The smallest absolute Gasteiger partial charge is 0.240 e. The van der Waals surface area contributed by atoms with Crippen molar-refractivity contribution in [2.75, 3.05) is 5.32 Å². The standard InChI is InChI=1S/C19H17N5O3/c25-15-4-1-3-12-5-6-13(11-14(12)15)22-16(26)7-8-17-23-19(24-27-17)18-20-9-2-10-21-18/h2,5-6,9-11H,1,3-4,7-8H2,(H,22,26). The van der Waals surface area contributed by atoms with Crippen LogP contribution in [0.4, 0.5) is 5.69 Å². The van der Waals surface area contributed by atoms with Crippen LogP contribution in [0.2, 0.25) is 0 Å². The predicted octanol–water partition coefficient (Wildman–Crippen LogP) is 2.62. The van der Waals surface area contributed by atoms with Crippen molar-refractivity contribution >= 4 is 17.4 Å². The van der Waals surface area contributed by atoms with E-state index in [4.69, 9.17) is 4.52 Å². The average Bonchev–Trinajstić information content (AvgIpc) is 3.17. The summed E-state index contributed by atoms with van der Waals surface area (Å²) in [4.78, 5) is 36.5. The highest BCUT2D eigenvalue weighted by Gasteiger charge is 2.18. The summed E-state index contributed by atoms with van der Waals surface area (Å²) in [6.45, 7) is 0. The van der Waals surface area contributed by atoms with E-state index >= 15 is 0 Å². The Balaban J connectivity index is 1.36. The molecular formula is C19H17N5O3. The zero-order chi connectivity index (χ0) is 18.6. The number of anilines is 1. The van der Waals surface area contributed by atoms with Crippen molar-refractivity contribution in [3.05, 3.63) is 53.7 Å². The van der Waals surface area contributed by atoms with Gasteiger partial charge in [-0.15, -0.1) is 0 Å². The van der Waals surface area contributed by atoms with Crippen LogP contribution in [0.5, 0.6) is 0 Å². The highest BCUT2D eigenvalue weighted by atomic mass is 16.5. The van der Waals surface area contributed by atoms with Gasteiger partial charge in [0, 0.05) is 42.9 Å². The molecule has 1 amide bonds. The van der Waals surface area contributed by atoms with Gasteiger partial charge in [-0.05, 0) is 36.6 Å². The average molecular weight is 363 g/mol. The Labute approximate surface area is 155 Å². The Morgan fingerprint density at radius 3 is 2.85 bits per heavy atom. The summed E-state index contributed by atoms with van der Waals surface area (Å²) in [5.41, 5.74) is 2.38. The molecule has 0 saturated heterocycles. The summed E-state index contributed by atoms with van der Waals surface area (Å²) in [6, 6.07) is 7.19. The molecule has 0 fully saturated rings. The first-order chi connectivity index (χ1) is 13.2. The van der Waals surface area contributed by atoms with Crippen LogP contribution in [0.25, 0.3) is 11.6 Å². The van der Waals surface area contributed by atoms with Gasteiger partial charge in [0.05, 0.1) is 0 Å². The molecule has 1 aliphatic rings. The number of hydrogen-bond acceptors (Lipinski definition) is 7. The second kappa shape index (κ2) is 7.45. The third-order valence-corrected chi connectivity index (χ3v) is 4.34. The molecule has 8 nitrogen and oxygen atoms in total. The van der Waals surface area contributed by atoms with Gasteiger partial charge in [-0.3, -0.25) is 9.59 Å². The van der Waals surface area contributed by atoms with Gasteiger partial charge in [0.1, 0.15) is 0 Å². The summed E-state index contributed by atoms with van der Waals surface area (Å²) >= 11 is 0. The van der Waals surface area contributed by atoms with Crippen LogP contribution >= 0.6 is 0 Å². The second-order valence-electron chi connectivity index (χ2n) is 6.28. The summed E-state index contributed by atoms with van der Waals surface area (Å²) in [6.07, 6.45) is 6.02. The first kappa shape index (κ1) is 17.0. The van der Waals surface area contributed by atoms with Gasteiger partial charge in [-0.2, -0.15) is 4.98 Å². The minimum absolute atomic E-state index is 0.133. The van der Waals surface area contributed by atoms with Gasteiger partial charge in [-0.1, -0.05) is 11.2 Å². The number of Topliss-reactive ketones (excluding diaryl/α,β-unsaturated/α-hetero) is 1. The molecule has 1 aromatic carbocycles. The topological polar surface area (TPSA) is 111 Å². The molecule has 2 aromatic heterocycles. The molecule has 2 heterocycles. The lowest BCUT2D eigenvalue weighted by atomic mass is 9.90. The van der Waals surface area contributed by atoms with Gasteiger partial charge in [0.2, 0.25) is 23.4 Å². The molecular weight excluding hydrogens is 346 g/mol. The Kier molecular flexibility index (Phi) is 4.69. The Bertz CT molecular complexity index is 984. The highest BCUT2D eigenvalue weighted by Crippen LogP contribution is 2.24. The predicted molar refractivity (Wildman–Crippen MR) is 96.0 cm³/mol. The maximum atomic E-state index is 12.2. The number of nitrogens with zero attached hydrogens (tertiary/aromatic N) is 4. The van der Waals surface area contributed by atoms with Crippen molar-refractivity contribution in [2.24, 2.45) is 0 Å². The zero-order valence-corrected chi connectivity index (χ0v) is 14.5. The van der Waals surface area contributed by atoms with Crippen LogP contribution in [0, 0.1) is 0 Å². The fraction of sp³-hybridized carbons (Fsp3) is 0.263. The summed E-state index contributed by atoms with van der Waals surface area (Å²) in [5.74, 6) is 0.950. The van der Waals surface area contributed by atoms with E-state index in [1.54, 1.807) is 24.5 Å². The number of fused-ring (bicyclic) bond motifs is 1. The van der Waals surface area contributed by atoms with Crippen LogP contribution in [-0.4, -0.2) is 31.8 Å². The van der Waals surface area contributed by atoms with Crippen LogP contribution in [-0.2, 0) is 17.6 Å². The Morgan fingerprint density at radius 1 is 1.15 bits per heavy atom. The molecule has 0 aliphatic heterocycles. The number of carbonyl (C=O) groups is 2. The van der Waals surface area contributed by atoms with E-state index < -0.39 is 0 Å². The molecule has 3 aromatic rings. The Morgan fingerprint density at radius 2 is 2.00 bits per heavy atom. The van der Waals surface area contributed by atoms with Crippen molar-refractivity contribution in [3.8, 4) is 11.6 Å². The molecule has 0 saturated carbocycles. The van der Waals surface area contributed by atoms with Crippen molar-refractivity contribution in [3.63, 3.8) is 0 Å². The number of nitrogens with one attached hydrogen (secondary N) is 1. The molecule has 27 heavy (non-hydrogen) atoms. The van der Waals surface area contributed by atoms with Crippen molar-refractivity contribution in [1.82, 2.24) is 20.1 Å². The molecule has 136 valence electrons. The third-order valence-electron chi connectivity index (χ3n) is 4.34. The second-order valence-corrected chi connectivity index (χ2v) is 6.28. The van der Waals surface area contributed by atoms with Crippen LogP contribution in [0.3, 0.4) is 0 Å². The number of aryl methyl sites for hydroxylation is 2. The van der Waals surface area contributed by atoms with E-state index in [9.17, 15) is 9.59 Å². The lowest BCUT2D eigenvalue weighted by Gasteiger charge is -2.15. The zero-order valence-electron chi connectivity index (χ0n) is 14.5. The van der Waals surface area contributed by atoms with Gasteiger partial charge in [0.25, 0.3) is 0 Å². The molecule has 0 spiro atoms. The first-order valence-corrected chi connectivity index (χ1v) is 8.75. The molecule has 4 rings (SSSR count). The minimum atomic E-state index is -0.186. The van der Waals surface area contributed by atoms with E-state index in [0.717, 1.165) is 18.4 Å². The van der Waals surface area contributed by atoms with E-state index in [0.29, 0.717) is 41.6 Å². The maximum Gasteiger partial charge on any atom is 0.240 e. The number of benzene rings is 1. The number of ketones is 1. The largest absolute Gasteiger partial charge is 0.339 e. The lowest BCUT2D eigenvalue weighted by Crippen LogP contribution is -2.15. The molecule has 1 aliphatic carbocycles. The highest BCUT2D eigenvalue weighted by molar-refractivity contribution is 6.00. The SMILES string of the molecule is O=C(CCc1nc(-c2ncccn2)no1)Nc1ccc2c(c1)C(=O)CCC2. The van der Waals surface area contributed by atoms with E-state index in [2.05, 4.69) is 25.4 Å². The quantitative estimate of drug-likeness (QED) is 0.741. The Hall–Kier alpha value is -3.42. The number of carbonyl (C=O) groups excluding carboxylic acids is 2. The van der Waals surface area contributed by atoms with E-state index in [-0.39, 0.29) is 18.1 Å².